The fraction of sp³-hybridized carbons (Fsp3) is 0.320. The van der Waals surface area contributed by atoms with Crippen LogP contribution in [0.1, 0.15) is 54.2 Å². The van der Waals surface area contributed by atoms with E-state index in [1.165, 1.54) is 12.1 Å². The van der Waals surface area contributed by atoms with Crippen molar-refractivity contribution >= 4 is 38.4 Å². The smallest absolute Gasteiger partial charge is 0.262 e. The van der Waals surface area contributed by atoms with E-state index in [0.29, 0.717) is 30.1 Å². The summed E-state index contributed by atoms with van der Waals surface area (Å²) < 4.78 is 28.1. The van der Waals surface area contributed by atoms with Crippen LogP contribution >= 0.6 is 0 Å². The largest absolute Gasteiger partial charge is 0.322 e. The molecule has 1 aliphatic rings. The number of nitrogens with one attached hydrogen (secondary N) is 2. The van der Waals surface area contributed by atoms with E-state index in [1.54, 1.807) is 12.1 Å². The van der Waals surface area contributed by atoms with Crippen LogP contribution in [0.3, 0.4) is 0 Å². The predicted octanol–water partition coefficient (Wildman–Crippen LogP) is 4.61. The van der Waals surface area contributed by atoms with Gasteiger partial charge in [-0.3, -0.25) is 19.5 Å². The molecule has 0 fully saturated rings. The molecular formula is C25H28N4O3S. The number of anilines is 1. The second-order valence-electron chi connectivity index (χ2n) is 8.15. The molecule has 1 aromatic heterocycles. The lowest BCUT2D eigenvalue weighted by molar-refractivity contribution is 0.102. The number of aromatic nitrogens is 1. The molecule has 2 aromatic carbocycles. The third-order valence-corrected chi connectivity index (χ3v) is 7.24. The van der Waals surface area contributed by atoms with Gasteiger partial charge in [0, 0.05) is 29.7 Å². The van der Waals surface area contributed by atoms with Gasteiger partial charge in [0.25, 0.3) is 15.9 Å². The summed E-state index contributed by atoms with van der Waals surface area (Å²) in [5.41, 5.74) is 3.61. The molecule has 0 saturated carbocycles. The Kier molecular flexibility index (Phi) is 6.74. The minimum absolute atomic E-state index is 0.131. The first-order valence-corrected chi connectivity index (χ1v) is 12.7. The van der Waals surface area contributed by atoms with Crippen LogP contribution in [0.2, 0.25) is 0 Å². The summed E-state index contributed by atoms with van der Waals surface area (Å²) in [7, 11) is -3.72. The molecule has 33 heavy (non-hydrogen) atoms. The number of hydrogen-bond donors (Lipinski definition) is 2. The molecule has 1 aliphatic heterocycles. The Bertz CT molecular complexity index is 1320. The highest BCUT2D eigenvalue weighted by molar-refractivity contribution is 7.90. The number of sulfonamides is 1. The Hall–Kier alpha value is -3.26. The summed E-state index contributed by atoms with van der Waals surface area (Å²) in [6, 6.07) is 13.8. The lowest BCUT2D eigenvalue weighted by Gasteiger charge is -2.14. The number of amides is 1. The van der Waals surface area contributed by atoms with Crippen molar-refractivity contribution in [3.8, 4) is 0 Å². The minimum Gasteiger partial charge on any atom is -0.322 e. The first kappa shape index (κ1) is 22.9. The molecule has 1 amide bonds. The quantitative estimate of drug-likeness (QED) is 0.576. The maximum absolute atomic E-state index is 13.2. The number of benzene rings is 2. The summed E-state index contributed by atoms with van der Waals surface area (Å²) in [5, 5.41) is 3.69. The second-order valence-corrected chi connectivity index (χ2v) is 9.83. The Morgan fingerprint density at radius 2 is 1.79 bits per heavy atom. The number of aliphatic imine (C=N–C) groups is 1. The topological polar surface area (TPSA) is 101 Å². The normalized spacial score (nSPS) is 14.4. The molecule has 2 heterocycles. The Balaban J connectivity index is 1.56. The summed E-state index contributed by atoms with van der Waals surface area (Å²) >= 11 is 0. The molecular weight excluding hydrogens is 436 g/mol. The zero-order chi connectivity index (χ0) is 23.4. The van der Waals surface area contributed by atoms with Gasteiger partial charge in [0.2, 0.25) is 0 Å². The zero-order valence-electron chi connectivity index (χ0n) is 18.9. The third kappa shape index (κ3) is 5.06. The van der Waals surface area contributed by atoms with E-state index in [9.17, 15) is 13.2 Å². The van der Waals surface area contributed by atoms with Gasteiger partial charge < -0.3 is 5.32 Å². The fourth-order valence-electron chi connectivity index (χ4n) is 4.08. The molecule has 8 heteroatoms. The molecule has 7 nitrogen and oxygen atoms in total. The lowest BCUT2D eigenvalue weighted by atomic mass is 9.99. The lowest BCUT2D eigenvalue weighted by Crippen LogP contribution is -2.30. The average Bonchev–Trinajstić information content (AvgIpc) is 3.07. The molecule has 0 bridgehead atoms. The SMILES string of the molecule is CCc1nc2ccccc2c(C(=O)Nc2ccc(S(=O)(=O)NC3=NCCCCC3)cc2)c1C. The number of aryl methyl sites for hydroxylation is 1. The van der Waals surface area contributed by atoms with E-state index < -0.39 is 10.0 Å². The van der Waals surface area contributed by atoms with E-state index in [1.807, 2.05) is 38.1 Å². The summed E-state index contributed by atoms with van der Waals surface area (Å²) in [5.74, 6) is 0.263. The number of pyridine rings is 1. The highest BCUT2D eigenvalue weighted by Gasteiger charge is 2.19. The fourth-order valence-corrected chi connectivity index (χ4v) is 5.17. The Morgan fingerprint density at radius 1 is 1.03 bits per heavy atom. The van der Waals surface area contributed by atoms with Gasteiger partial charge in [0.05, 0.1) is 16.0 Å². The maximum atomic E-state index is 13.2. The van der Waals surface area contributed by atoms with Gasteiger partial charge in [-0.05, 0) is 62.1 Å². The zero-order valence-corrected chi connectivity index (χ0v) is 19.7. The van der Waals surface area contributed by atoms with E-state index in [-0.39, 0.29) is 10.8 Å². The highest BCUT2D eigenvalue weighted by atomic mass is 32.2. The molecule has 172 valence electrons. The minimum atomic E-state index is -3.72. The van der Waals surface area contributed by atoms with Crippen molar-refractivity contribution in [2.75, 3.05) is 11.9 Å². The monoisotopic (exact) mass is 464 g/mol. The first-order chi connectivity index (χ1) is 15.9. The number of hydrogen-bond acceptors (Lipinski definition) is 5. The van der Waals surface area contributed by atoms with Crippen molar-refractivity contribution in [1.29, 1.82) is 0 Å². The molecule has 2 N–H and O–H groups in total. The first-order valence-electron chi connectivity index (χ1n) is 11.2. The van der Waals surface area contributed by atoms with Crippen LogP contribution in [0, 0.1) is 6.92 Å². The van der Waals surface area contributed by atoms with Gasteiger partial charge in [-0.15, -0.1) is 0 Å². The van der Waals surface area contributed by atoms with Gasteiger partial charge >= 0.3 is 0 Å². The molecule has 0 saturated heterocycles. The number of carbonyl (C=O) groups excluding carboxylic acids is 1. The number of nitrogens with zero attached hydrogens (tertiary/aromatic N) is 2. The van der Waals surface area contributed by atoms with Crippen LogP contribution in [0.15, 0.2) is 58.4 Å². The number of amidine groups is 1. The van der Waals surface area contributed by atoms with Crippen molar-refractivity contribution in [1.82, 2.24) is 9.71 Å². The Labute approximate surface area is 194 Å². The van der Waals surface area contributed by atoms with Gasteiger partial charge in [-0.2, -0.15) is 0 Å². The van der Waals surface area contributed by atoms with Gasteiger partial charge in [-0.1, -0.05) is 31.5 Å². The van der Waals surface area contributed by atoms with Crippen molar-refractivity contribution in [3.63, 3.8) is 0 Å². The second kappa shape index (κ2) is 9.70. The van der Waals surface area contributed by atoms with Gasteiger partial charge in [0.1, 0.15) is 5.84 Å². The molecule has 4 rings (SSSR count). The molecule has 0 unspecified atom stereocenters. The van der Waals surface area contributed by atoms with Crippen LogP contribution in [0.25, 0.3) is 10.9 Å². The molecule has 0 atom stereocenters. The number of carbonyl (C=O) groups is 1. The highest BCUT2D eigenvalue weighted by Crippen LogP contribution is 2.25. The van der Waals surface area contributed by atoms with Crippen LogP contribution < -0.4 is 10.0 Å². The number of rotatable bonds is 5. The average molecular weight is 465 g/mol. The molecule has 3 aromatic rings. The Morgan fingerprint density at radius 3 is 2.55 bits per heavy atom. The van der Waals surface area contributed by atoms with Crippen molar-refractivity contribution in [2.45, 2.75) is 50.8 Å². The standard InChI is InChI=1S/C25H28N4O3S/c1-3-21-17(2)24(20-9-6-7-10-22(20)28-21)25(30)27-18-12-14-19(15-13-18)33(31,32)29-23-11-5-4-8-16-26-23/h6-7,9-10,12-15H,3-5,8,11,16H2,1-2H3,(H,26,29)(H,27,30). The summed E-state index contributed by atoms with van der Waals surface area (Å²) in [6.45, 7) is 4.57. The molecule has 0 spiro atoms. The van der Waals surface area contributed by atoms with Crippen LogP contribution in [0.4, 0.5) is 5.69 Å². The van der Waals surface area contributed by atoms with Gasteiger partial charge in [0.15, 0.2) is 0 Å². The summed E-state index contributed by atoms with van der Waals surface area (Å²) in [6.07, 6.45) is 4.31. The van der Waals surface area contributed by atoms with Crippen LogP contribution in [0.5, 0.6) is 0 Å². The van der Waals surface area contributed by atoms with Crippen LogP contribution in [-0.4, -0.2) is 31.7 Å². The predicted molar refractivity (Wildman–Crippen MR) is 131 cm³/mol. The van der Waals surface area contributed by atoms with E-state index >= 15 is 0 Å². The van der Waals surface area contributed by atoms with E-state index in [0.717, 1.165) is 47.8 Å². The maximum Gasteiger partial charge on any atom is 0.262 e. The van der Waals surface area contributed by atoms with Gasteiger partial charge in [-0.25, -0.2) is 8.42 Å². The summed E-state index contributed by atoms with van der Waals surface area (Å²) in [4.78, 5) is 22.3. The van der Waals surface area contributed by atoms with Crippen molar-refractivity contribution in [2.24, 2.45) is 4.99 Å². The third-order valence-electron chi connectivity index (χ3n) is 5.85. The number of fused-ring (bicyclic) bond motifs is 1. The van der Waals surface area contributed by atoms with Crippen LogP contribution in [-0.2, 0) is 16.4 Å². The van der Waals surface area contributed by atoms with Crippen molar-refractivity contribution in [3.05, 3.63) is 65.4 Å². The molecule has 0 aliphatic carbocycles. The van der Waals surface area contributed by atoms with E-state index in [2.05, 4.69) is 20.0 Å². The van der Waals surface area contributed by atoms with E-state index in [4.69, 9.17) is 0 Å². The number of para-hydroxylation sites is 1. The van der Waals surface area contributed by atoms with Crippen molar-refractivity contribution < 1.29 is 13.2 Å². The molecule has 0 radical (unpaired) electrons.